The lowest BCUT2D eigenvalue weighted by atomic mass is 9.77. The Morgan fingerprint density at radius 1 is 0.896 bits per heavy atom. The number of rotatable bonds is 7. The Bertz CT molecular complexity index is 2030. The van der Waals surface area contributed by atoms with Crippen molar-refractivity contribution in [1.82, 2.24) is 9.31 Å². The summed E-state index contributed by atoms with van der Waals surface area (Å²) in [4.78, 5) is 27.0. The fourth-order valence-electron chi connectivity index (χ4n) is 6.86. The second kappa shape index (κ2) is 13.5. The van der Waals surface area contributed by atoms with Crippen molar-refractivity contribution in [2.45, 2.75) is 43.2 Å². The summed E-state index contributed by atoms with van der Waals surface area (Å²) >= 11 is 6.37. The number of allylic oxidation sites excluding steroid dienone is 1. The van der Waals surface area contributed by atoms with Gasteiger partial charge in [0, 0.05) is 19.0 Å². The van der Waals surface area contributed by atoms with E-state index in [2.05, 4.69) is 6.08 Å². The van der Waals surface area contributed by atoms with Crippen LogP contribution in [0, 0.1) is 5.92 Å². The Morgan fingerprint density at radius 2 is 1.60 bits per heavy atom. The Balaban J connectivity index is 1.11. The molecular weight excluding hydrogens is 646 g/mol. The lowest BCUT2D eigenvalue weighted by Gasteiger charge is -2.29. The van der Waals surface area contributed by atoms with Crippen LogP contribution < -0.4 is 0 Å². The quantitative estimate of drug-likeness (QED) is 0.195. The second-order valence-electron chi connectivity index (χ2n) is 12.2. The van der Waals surface area contributed by atoms with Crippen molar-refractivity contribution >= 4 is 45.3 Å². The number of nitrogens with zero attached hydrogens (tertiary/aromatic N) is 3. The average molecular weight is 680 g/mol. The van der Waals surface area contributed by atoms with Crippen LogP contribution in [0.3, 0.4) is 0 Å². The molecule has 4 aromatic rings. The molecule has 1 aliphatic carbocycles. The third-order valence-electron chi connectivity index (χ3n) is 9.26. The van der Waals surface area contributed by atoms with Crippen molar-refractivity contribution in [3.63, 3.8) is 0 Å². The number of amides is 1. The van der Waals surface area contributed by atoms with Crippen molar-refractivity contribution < 1.29 is 22.7 Å². The molecule has 0 radical (unpaired) electrons. The van der Waals surface area contributed by atoms with Gasteiger partial charge in [0.1, 0.15) is 0 Å². The normalized spacial score (nSPS) is 20.1. The largest absolute Gasteiger partial charge is 0.452 e. The van der Waals surface area contributed by atoms with Crippen molar-refractivity contribution in [2.75, 3.05) is 13.2 Å². The van der Waals surface area contributed by atoms with E-state index in [-0.39, 0.29) is 34.0 Å². The number of hydrogen-bond acceptors (Lipinski definition) is 6. The molecule has 0 spiro atoms. The molecule has 7 rings (SSSR count). The SMILES string of the molecule is O=C(OCC(=O)N1N=C2/C(=C/c3ccccc3)CCC[C@@H]2[C@H]1c1ccccc1)c1cc(S(=O)(=O)N2CCc3ccccc3C2)ccc1Cl. The number of hydrogen-bond donors (Lipinski definition) is 0. The monoisotopic (exact) mass is 679 g/mol. The summed E-state index contributed by atoms with van der Waals surface area (Å²) in [6.07, 6.45) is 5.41. The Hall–Kier alpha value is -4.57. The summed E-state index contributed by atoms with van der Waals surface area (Å²) < 4.78 is 34.1. The van der Waals surface area contributed by atoms with Crippen LogP contribution in [0.2, 0.25) is 5.02 Å². The van der Waals surface area contributed by atoms with E-state index in [1.807, 2.05) is 84.9 Å². The lowest BCUT2D eigenvalue weighted by molar-refractivity contribution is -0.137. The Labute approximate surface area is 285 Å². The average Bonchev–Trinajstić information content (AvgIpc) is 3.52. The number of carbonyl (C=O) groups excluding carboxylic acids is 2. The Morgan fingerprint density at radius 3 is 2.38 bits per heavy atom. The maximum atomic E-state index is 13.8. The lowest BCUT2D eigenvalue weighted by Crippen LogP contribution is -2.36. The number of fused-ring (bicyclic) bond motifs is 2. The van der Waals surface area contributed by atoms with Gasteiger partial charge in [0.25, 0.3) is 5.91 Å². The number of sulfonamides is 1. The maximum absolute atomic E-state index is 13.8. The molecule has 0 N–H and O–H groups in total. The van der Waals surface area contributed by atoms with Gasteiger partial charge in [-0.05, 0) is 77.8 Å². The molecular formula is C38H34ClN3O5S. The minimum absolute atomic E-state index is 0.00570. The predicted molar refractivity (Wildman–Crippen MR) is 185 cm³/mol. The standard InChI is InChI=1S/C38H34ClN3O5S/c39-34-19-18-31(48(45,46)41-21-20-27-12-7-8-15-30(27)24-41)23-33(34)38(44)47-25-35(43)42-37(28-13-5-2-6-14-28)32-17-9-16-29(36(32)40-42)22-26-10-3-1-4-11-26/h1-8,10-15,18-19,22-23,32,37H,9,16-17,20-21,24-25H2/b29-22+/t32-,37+/m0/s1. The Kier molecular flexibility index (Phi) is 9.00. The van der Waals surface area contributed by atoms with E-state index in [9.17, 15) is 18.0 Å². The first-order chi connectivity index (χ1) is 23.3. The molecule has 4 aromatic carbocycles. The highest BCUT2D eigenvalue weighted by atomic mass is 35.5. The van der Waals surface area contributed by atoms with Crippen LogP contribution in [0.1, 0.15) is 57.9 Å². The van der Waals surface area contributed by atoms with Crippen LogP contribution in [0.25, 0.3) is 6.08 Å². The zero-order valence-electron chi connectivity index (χ0n) is 26.2. The van der Waals surface area contributed by atoms with Crippen molar-refractivity contribution in [1.29, 1.82) is 0 Å². The first kappa shape index (κ1) is 32.0. The van der Waals surface area contributed by atoms with Crippen LogP contribution in [0.5, 0.6) is 0 Å². The molecule has 2 aliphatic heterocycles. The first-order valence-corrected chi connectivity index (χ1v) is 17.9. The summed E-state index contributed by atoms with van der Waals surface area (Å²) in [5.74, 6) is -1.38. The predicted octanol–water partition coefficient (Wildman–Crippen LogP) is 7.07. The first-order valence-electron chi connectivity index (χ1n) is 16.0. The molecule has 48 heavy (non-hydrogen) atoms. The van der Waals surface area contributed by atoms with Crippen LogP contribution in [-0.4, -0.2) is 48.5 Å². The molecule has 2 atom stereocenters. The maximum Gasteiger partial charge on any atom is 0.340 e. The van der Waals surface area contributed by atoms with Gasteiger partial charge in [-0.25, -0.2) is 18.2 Å². The second-order valence-corrected chi connectivity index (χ2v) is 14.6. The topological polar surface area (TPSA) is 96.4 Å². The zero-order chi connectivity index (χ0) is 33.3. The molecule has 244 valence electrons. The van der Waals surface area contributed by atoms with Gasteiger partial charge in [0.2, 0.25) is 10.0 Å². The van der Waals surface area contributed by atoms with Gasteiger partial charge in [0.15, 0.2) is 6.61 Å². The molecule has 0 bridgehead atoms. The van der Waals surface area contributed by atoms with Gasteiger partial charge in [-0.2, -0.15) is 9.41 Å². The van der Waals surface area contributed by atoms with Crippen LogP contribution in [0.15, 0.2) is 119 Å². The molecule has 10 heteroatoms. The summed E-state index contributed by atoms with van der Waals surface area (Å²) in [6.45, 7) is -0.0282. The van der Waals surface area contributed by atoms with Gasteiger partial charge in [0.05, 0.1) is 27.2 Å². The zero-order valence-corrected chi connectivity index (χ0v) is 27.7. The summed E-state index contributed by atoms with van der Waals surface area (Å²) in [5.41, 5.74) is 5.92. The van der Waals surface area contributed by atoms with Gasteiger partial charge >= 0.3 is 5.97 Å². The van der Waals surface area contributed by atoms with E-state index in [4.69, 9.17) is 21.4 Å². The summed E-state index contributed by atoms with van der Waals surface area (Å²) in [6, 6.07) is 31.2. The third kappa shape index (κ3) is 6.33. The number of esters is 1. The number of halogens is 1. The van der Waals surface area contributed by atoms with Crippen LogP contribution in [-0.2, 0) is 32.5 Å². The fourth-order valence-corrected chi connectivity index (χ4v) is 8.50. The molecule has 0 saturated heterocycles. The van der Waals surface area contributed by atoms with E-state index in [0.717, 1.165) is 52.8 Å². The fraction of sp³-hybridized carbons (Fsp3) is 0.237. The molecule has 0 unspecified atom stereocenters. The van der Waals surface area contributed by atoms with E-state index >= 15 is 0 Å². The minimum Gasteiger partial charge on any atom is -0.452 e. The van der Waals surface area contributed by atoms with Crippen molar-refractivity contribution in [2.24, 2.45) is 11.0 Å². The minimum atomic E-state index is -3.93. The highest BCUT2D eigenvalue weighted by molar-refractivity contribution is 7.89. The molecule has 1 saturated carbocycles. The summed E-state index contributed by atoms with van der Waals surface area (Å²) in [5, 5.41) is 6.33. The molecule has 2 heterocycles. The number of ether oxygens (including phenoxy) is 1. The third-order valence-corrected chi connectivity index (χ3v) is 11.4. The highest BCUT2D eigenvalue weighted by Crippen LogP contribution is 2.44. The van der Waals surface area contributed by atoms with E-state index in [0.29, 0.717) is 13.0 Å². The van der Waals surface area contributed by atoms with Gasteiger partial charge in [-0.3, -0.25) is 4.79 Å². The number of carbonyl (C=O) groups is 2. The van der Waals surface area contributed by atoms with Crippen molar-refractivity contribution in [3.05, 3.63) is 142 Å². The van der Waals surface area contributed by atoms with E-state index in [1.165, 1.54) is 27.5 Å². The van der Waals surface area contributed by atoms with Crippen molar-refractivity contribution in [3.8, 4) is 0 Å². The van der Waals surface area contributed by atoms with E-state index in [1.54, 1.807) is 0 Å². The molecule has 1 amide bonds. The molecule has 8 nitrogen and oxygen atoms in total. The van der Waals surface area contributed by atoms with Gasteiger partial charge < -0.3 is 4.74 Å². The highest BCUT2D eigenvalue weighted by Gasteiger charge is 2.44. The van der Waals surface area contributed by atoms with Crippen LogP contribution >= 0.6 is 11.6 Å². The van der Waals surface area contributed by atoms with E-state index < -0.39 is 28.5 Å². The smallest absolute Gasteiger partial charge is 0.340 e. The molecule has 0 aromatic heterocycles. The summed E-state index contributed by atoms with van der Waals surface area (Å²) in [7, 11) is -3.93. The number of benzene rings is 4. The number of hydrazone groups is 1. The van der Waals surface area contributed by atoms with Gasteiger partial charge in [-0.1, -0.05) is 96.5 Å². The molecule has 1 fully saturated rings. The van der Waals surface area contributed by atoms with Gasteiger partial charge in [-0.15, -0.1) is 0 Å². The molecule has 3 aliphatic rings. The van der Waals surface area contributed by atoms with Crippen LogP contribution in [0.4, 0.5) is 0 Å².